The quantitative estimate of drug-likeness (QED) is 0.871. The van der Waals surface area contributed by atoms with Gasteiger partial charge in [0.05, 0.1) is 2.74 Å². The zero-order valence-corrected chi connectivity index (χ0v) is 13.7. The van der Waals surface area contributed by atoms with Crippen molar-refractivity contribution >= 4 is 11.2 Å². The lowest BCUT2D eigenvalue weighted by Crippen LogP contribution is -2.40. The van der Waals surface area contributed by atoms with Gasteiger partial charge in [-0.05, 0) is 62.3 Å². The van der Waals surface area contributed by atoms with E-state index < -0.39 is 114 Å². The van der Waals surface area contributed by atoms with Gasteiger partial charge in [0.2, 0.25) is 0 Å². The summed E-state index contributed by atoms with van der Waals surface area (Å²) in [5.41, 5.74) is -10.3. The van der Waals surface area contributed by atoms with E-state index >= 15 is 0 Å². The summed E-state index contributed by atoms with van der Waals surface area (Å²) < 4.78 is 180. The fraction of sp³-hybridized carbons (Fsp3) is 0.750. The standard InChI is InChI=1S/C20H28N4O2/c1-3-5-23-16-15(17(25)24(6-4-2)19(23)26)21-18(22-16)20-10-12-7-13(11-20)9-14(20)8-12/h12-14H,3-11H2,1-2H3,(H,21,22)/i3D2,4D2,5D2,6D2,7D2,8D2,9D2,10D2,11D2,12D,13D,14D. The molecule has 4 fully saturated rings. The van der Waals surface area contributed by atoms with E-state index in [4.69, 9.17) is 27.4 Å². The van der Waals surface area contributed by atoms with Crippen LogP contribution in [0.5, 0.6) is 0 Å². The average Bonchev–Trinajstić information content (AvgIpc) is 3.33. The van der Waals surface area contributed by atoms with Crippen molar-refractivity contribution in [3.63, 3.8) is 0 Å². The molecule has 2 aromatic rings. The van der Waals surface area contributed by atoms with Gasteiger partial charge in [-0.1, -0.05) is 13.8 Å². The van der Waals surface area contributed by atoms with Crippen molar-refractivity contribution in [2.45, 2.75) is 76.9 Å². The van der Waals surface area contributed by atoms with Gasteiger partial charge in [-0.3, -0.25) is 13.9 Å². The third kappa shape index (κ3) is 2.01. The van der Waals surface area contributed by atoms with Gasteiger partial charge in [0.1, 0.15) is 11.3 Å². The van der Waals surface area contributed by atoms with Crippen LogP contribution in [-0.2, 0) is 18.4 Å². The minimum Gasteiger partial charge on any atom is -0.336 e. The highest BCUT2D eigenvalue weighted by atomic mass is 16.2. The van der Waals surface area contributed by atoms with E-state index in [0.29, 0.717) is 13.8 Å². The third-order valence-corrected chi connectivity index (χ3v) is 4.25. The lowest BCUT2D eigenvalue weighted by atomic mass is 9.75. The number of hydrogen-bond acceptors (Lipinski definition) is 3. The Labute approximate surface area is 182 Å². The van der Waals surface area contributed by atoms with Crippen LogP contribution in [0.3, 0.4) is 0 Å². The summed E-state index contributed by atoms with van der Waals surface area (Å²) >= 11 is 0. The maximum absolute atomic E-state index is 13.8. The molecule has 4 aliphatic carbocycles. The highest BCUT2D eigenvalue weighted by Crippen LogP contribution is 2.65. The van der Waals surface area contributed by atoms with Gasteiger partial charge < -0.3 is 4.98 Å². The molecule has 0 aromatic carbocycles. The molecule has 4 bridgehead atoms. The molecule has 2 atom stereocenters. The van der Waals surface area contributed by atoms with E-state index in [1.165, 1.54) is 0 Å². The van der Waals surface area contributed by atoms with Crippen molar-refractivity contribution in [1.29, 1.82) is 0 Å². The largest absolute Gasteiger partial charge is 0.336 e. The number of H-pyrrole nitrogens is 1. The lowest BCUT2D eigenvalue weighted by molar-refractivity contribution is 0.262. The van der Waals surface area contributed by atoms with E-state index in [-0.39, 0.29) is 4.57 Å². The molecule has 6 heteroatoms. The van der Waals surface area contributed by atoms with Crippen LogP contribution < -0.4 is 11.2 Å². The molecule has 4 saturated carbocycles. The number of aryl methyl sites for hydroxylation is 1. The predicted molar refractivity (Wildman–Crippen MR) is 100 cm³/mol. The Kier molecular flexibility index (Phi) is 1.15. The smallest absolute Gasteiger partial charge is 0.332 e. The van der Waals surface area contributed by atoms with Crippen molar-refractivity contribution in [3.8, 4) is 0 Å². The molecule has 1 N–H and O–H groups in total. The first kappa shape index (κ1) is 5.36. The van der Waals surface area contributed by atoms with Gasteiger partial charge in [-0.25, -0.2) is 9.78 Å². The molecule has 2 heterocycles. The lowest BCUT2D eigenvalue weighted by Gasteiger charge is -2.30. The first-order chi connectivity index (χ1) is 20.4. The van der Waals surface area contributed by atoms with E-state index in [1.54, 1.807) is 0 Å². The van der Waals surface area contributed by atoms with E-state index in [0.717, 1.165) is 0 Å². The Balaban J connectivity index is 2.11. The fourth-order valence-corrected chi connectivity index (χ4v) is 3.21. The predicted octanol–water partition coefficient (Wildman–Crippen LogP) is 2.78. The van der Waals surface area contributed by atoms with Gasteiger partial charge in [0, 0.05) is 44.5 Å². The Morgan fingerprint density at radius 1 is 1.19 bits per heavy atom. The molecular formula is C20H28N4O2. The molecule has 6 nitrogen and oxygen atoms in total. The maximum atomic E-state index is 13.8. The summed E-state index contributed by atoms with van der Waals surface area (Å²) in [5, 5.41) is 0. The first-order valence-corrected chi connectivity index (χ1v) is 7.70. The average molecular weight is 378 g/mol. The molecule has 6 rings (SSSR count). The van der Waals surface area contributed by atoms with Crippen LogP contribution in [-0.4, -0.2) is 19.1 Å². The van der Waals surface area contributed by atoms with Gasteiger partial charge in [0.25, 0.3) is 5.56 Å². The monoisotopic (exact) mass is 377 g/mol. The topological polar surface area (TPSA) is 72.7 Å². The number of fused-ring (bicyclic) bond motifs is 1. The van der Waals surface area contributed by atoms with Gasteiger partial charge in [-0.2, -0.15) is 0 Å². The molecule has 26 heavy (non-hydrogen) atoms. The Morgan fingerprint density at radius 3 is 2.50 bits per heavy atom. The van der Waals surface area contributed by atoms with Crippen LogP contribution in [0, 0.1) is 17.7 Å². The molecule has 0 aliphatic heterocycles. The molecule has 2 aromatic heterocycles. The van der Waals surface area contributed by atoms with E-state index in [1.807, 2.05) is 4.98 Å². The van der Waals surface area contributed by atoms with Crippen molar-refractivity contribution in [3.05, 3.63) is 26.7 Å². The molecule has 4 aliphatic rings. The molecule has 0 radical (unpaired) electrons. The number of imidazole rings is 1. The van der Waals surface area contributed by atoms with Crippen molar-refractivity contribution < 1.29 is 28.8 Å². The number of nitrogens with one attached hydrogen (secondary N) is 1. The van der Waals surface area contributed by atoms with Crippen LogP contribution in [0.1, 0.15) is 93.1 Å². The zero-order chi connectivity index (χ0) is 37.0. The molecule has 0 spiro atoms. The minimum absolute atomic E-state index is 0.249. The molecule has 2 unspecified atom stereocenters. The van der Waals surface area contributed by atoms with Crippen molar-refractivity contribution in [1.82, 2.24) is 19.1 Å². The number of aromatic nitrogens is 4. The first-order valence-electron chi connectivity index (χ1n) is 18.2. The summed E-state index contributed by atoms with van der Waals surface area (Å²) in [6.07, 6.45) is -26.3. The van der Waals surface area contributed by atoms with Crippen LogP contribution in [0.25, 0.3) is 11.2 Å². The summed E-state index contributed by atoms with van der Waals surface area (Å²) in [7, 11) is 0. The second-order valence-electron chi connectivity index (χ2n) is 5.77. The highest BCUT2D eigenvalue weighted by Gasteiger charge is 2.59. The Bertz CT molecular complexity index is 1820. The molecule has 0 amide bonds. The Hall–Kier alpha value is -1.85. The SMILES string of the molecule is [2H]C([2H])(C)C([2H])([2H])n1c(=O)c2[nH]c(C34C([2H])([2H])C5([2H])C([2H])([2H])C([2H])(C([2H])([2H])C3([2H])C5([2H])[2H])C4([2H])[2H])nc2n(C([2H])([2H])C([2H])([2H])C)c1=O. The second-order valence-corrected chi connectivity index (χ2v) is 5.77. The van der Waals surface area contributed by atoms with Crippen LogP contribution in [0.15, 0.2) is 9.59 Å². The van der Waals surface area contributed by atoms with Gasteiger partial charge in [0.15, 0.2) is 5.65 Å². The summed E-state index contributed by atoms with van der Waals surface area (Å²) in [6.45, 7) is -6.04. The minimum atomic E-state index is -4.06. The summed E-state index contributed by atoms with van der Waals surface area (Å²) in [4.78, 5) is 33.4. The van der Waals surface area contributed by atoms with Gasteiger partial charge in [-0.15, -0.1) is 0 Å². The molecular weight excluding hydrogens is 328 g/mol. The van der Waals surface area contributed by atoms with E-state index in [9.17, 15) is 11.0 Å². The maximum Gasteiger partial charge on any atom is 0.332 e. The normalized spacial score (nSPS) is 64.5. The fourth-order valence-electron chi connectivity index (χ4n) is 3.21. The number of hydrogen-bond donors (Lipinski definition) is 1. The van der Waals surface area contributed by atoms with Crippen LogP contribution in [0.4, 0.5) is 0 Å². The molecule has 140 valence electrons. The van der Waals surface area contributed by atoms with Crippen LogP contribution >= 0.6 is 0 Å². The zero-order valence-electron chi connectivity index (χ0n) is 34.7. The summed E-state index contributed by atoms with van der Waals surface area (Å²) in [5.74, 6) is -13.3. The second kappa shape index (κ2) is 5.57. The van der Waals surface area contributed by atoms with Crippen molar-refractivity contribution in [2.75, 3.05) is 0 Å². The third-order valence-electron chi connectivity index (χ3n) is 4.25. The van der Waals surface area contributed by atoms with Crippen molar-refractivity contribution in [2.24, 2.45) is 17.7 Å². The number of nitrogens with zero attached hydrogens (tertiary/aromatic N) is 3. The summed E-state index contributed by atoms with van der Waals surface area (Å²) in [6, 6.07) is 0. The van der Waals surface area contributed by atoms with Gasteiger partial charge >= 0.3 is 5.69 Å². The van der Waals surface area contributed by atoms with Crippen LogP contribution in [0.2, 0.25) is 0 Å². The molecule has 0 saturated heterocycles. The van der Waals surface area contributed by atoms with E-state index in [2.05, 4.69) is 4.98 Å². The Morgan fingerprint density at radius 2 is 1.85 bits per heavy atom. The number of rotatable bonds is 5. The highest BCUT2D eigenvalue weighted by molar-refractivity contribution is 5.70. The number of aromatic amines is 1.